The maximum Gasteiger partial charge on any atom is 0.0495 e. The number of rotatable bonds is 3. The number of aliphatic hydroxyl groups excluding tert-OH is 1. The van der Waals surface area contributed by atoms with E-state index < -0.39 is 0 Å². The monoisotopic (exact) mass is 198 g/mol. The standard InChI is InChI=1S/C12H22O2/c1-14-9-11-5-3-7-12(11)6-2-4-10(12)8-13/h10-11,13H,2-9H2,1H3/t10-,11-,12+/m0/s1. The molecule has 0 aromatic rings. The molecule has 2 saturated carbocycles. The Morgan fingerprint density at radius 3 is 2.43 bits per heavy atom. The van der Waals surface area contributed by atoms with Crippen molar-refractivity contribution in [2.75, 3.05) is 20.3 Å². The molecule has 0 heterocycles. The molecule has 0 bridgehead atoms. The molecular weight excluding hydrogens is 176 g/mol. The SMILES string of the molecule is COC[C@@H]1CCC[C@@]12CCC[C@H]2CO. The van der Waals surface area contributed by atoms with Crippen LogP contribution in [-0.2, 0) is 4.74 Å². The second-order valence-corrected chi connectivity index (χ2v) is 5.05. The molecule has 3 atom stereocenters. The van der Waals surface area contributed by atoms with E-state index in [9.17, 15) is 5.11 Å². The molecule has 14 heavy (non-hydrogen) atoms. The Balaban J connectivity index is 2.11. The summed E-state index contributed by atoms with van der Waals surface area (Å²) in [5, 5.41) is 9.44. The Kier molecular flexibility index (Phi) is 3.13. The maximum absolute atomic E-state index is 9.44. The topological polar surface area (TPSA) is 29.5 Å². The molecule has 2 fully saturated rings. The van der Waals surface area contributed by atoms with Crippen molar-refractivity contribution in [2.24, 2.45) is 17.3 Å². The Labute approximate surface area is 86.6 Å². The van der Waals surface area contributed by atoms with Gasteiger partial charge in [-0.05, 0) is 42.9 Å². The van der Waals surface area contributed by atoms with Crippen molar-refractivity contribution in [3.63, 3.8) is 0 Å². The van der Waals surface area contributed by atoms with Crippen LogP contribution in [-0.4, -0.2) is 25.4 Å². The fourth-order valence-corrected chi connectivity index (χ4v) is 3.93. The van der Waals surface area contributed by atoms with E-state index in [1.54, 1.807) is 7.11 Å². The summed E-state index contributed by atoms with van der Waals surface area (Å²) < 4.78 is 5.32. The van der Waals surface area contributed by atoms with Gasteiger partial charge in [-0.2, -0.15) is 0 Å². The van der Waals surface area contributed by atoms with Gasteiger partial charge in [-0.25, -0.2) is 0 Å². The first kappa shape index (κ1) is 10.4. The minimum atomic E-state index is 0.389. The number of ether oxygens (including phenoxy) is 1. The van der Waals surface area contributed by atoms with Gasteiger partial charge in [0.05, 0.1) is 0 Å². The van der Waals surface area contributed by atoms with Crippen LogP contribution in [0.4, 0.5) is 0 Å². The van der Waals surface area contributed by atoms with Crippen molar-refractivity contribution >= 4 is 0 Å². The van der Waals surface area contributed by atoms with Crippen molar-refractivity contribution in [3.8, 4) is 0 Å². The first-order valence-corrected chi connectivity index (χ1v) is 5.93. The summed E-state index contributed by atoms with van der Waals surface area (Å²) in [6.45, 7) is 1.29. The van der Waals surface area contributed by atoms with Gasteiger partial charge < -0.3 is 9.84 Å². The summed E-state index contributed by atoms with van der Waals surface area (Å²) in [6.07, 6.45) is 7.84. The van der Waals surface area contributed by atoms with Gasteiger partial charge in [-0.1, -0.05) is 12.8 Å². The molecule has 0 aliphatic heterocycles. The lowest BCUT2D eigenvalue weighted by Crippen LogP contribution is -2.34. The Morgan fingerprint density at radius 1 is 1.21 bits per heavy atom. The highest BCUT2D eigenvalue weighted by atomic mass is 16.5. The summed E-state index contributed by atoms with van der Waals surface area (Å²) in [6, 6.07) is 0. The van der Waals surface area contributed by atoms with E-state index >= 15 is 0 Å². The minimum absolute atomic E-state index is 0.389. The van der Waals surface area contributed by atoms with E-state index in [-0.39, 0.29) is 0 Å². The van der Waals surface area contributed by atoms with Gasteiger partial charge >= 0.3 is 0 Å². The lowest BCUT2D eigenvalue weighted by molar-refractivity contribution is 0.0309. The number of hydrogen-bond acceptors (Lipinski definition) is 2. The normalized spacial score (nSPS) is 42.4. The largest absolute Gasteiger partial charge is 0.396 e. The molecule has 2 heteroatoms. The number of hydrogen-bond donors (Lipinski definition) is 1. The number of aliphatic hydroxyl groups is 1. The third kappa shape index (κ3) is 1.49. The smallest absolute Gasteiger partial charge is 0.0495 e. The van der Waals surface area contributed by atoms with Crippen LogP contribution < -0.4 is 0 Å². The zero-order chi connectivity index (χ0) is 10.0. The molecule has 0 radical (unpaired) electrons. The summed E-state index contributed by atoms with van der Waals surface area (Å²) in [5.41, 5.74) is 0.449. The molecule has 2 aliphatic rings. The van der Waals surface area contributed by atoms with Crippen LogP contribution in [0.15, 0.2) is 0 Å². The molecule has 1 N–H and O–H groups in total. The van der Waals surface area contributed by atoms with E-state index in [4.69, 9.17) is 4.74 Å². The fourth-order valence-electron chi connectivity index (χ4n) is 3.93. The van der Waals surface area contributed by atoms with E-state index in [0.29, 0.717) is 23.9 Å². The van der Waals surface area contributed by atoms with Crippen molar-refractivity contribution in [1.82, 2.24) is 0 Å². The molecule has 1 spiro atoms. The summed E-state index contributed by atoms with van der Waals surface area (Å²) in [7, 11) is 1.80. The van der Waals surface area contributed by atoms with Crippen LogP contribution in [0, 0.1) is 17.3 Å². The predicted molar refractivity (Wildman–Crippen MR) is 56.1 cm³/mol. The van der Waals surface area contributed by atoms with Gasteiger partial charge in [0.2, 0.25) is 0 Å². The molecular formula is C12H22O2. The molecule has 2 aliphatic carbocycles. The van der Waals surface area contributed by atoms with Crippen LogP contribution in [0.3, 0.4) is 0 Å². The van der Waals surface area contributed by atoms with E-state index in [1.807, 2.05) is 0 Å². The predicted octanol–water partition coefficient (Wildman–Crippen LogP) is 2.21. The third-order valence-electron chi connectivity index (χ3n) is 4.60. The lowest BCUT2D eigenvalue weighted by Gasteiger charge is -2.36. The van der Waals surface area contributed by atoms with Crippen LogP contribution in [0.1, 0.15) is 38.5 Å². The molecule has 0 saturated heterocycles. The average molecular weight is 198 g/mol. The first-order valence-electron chi connectivity index (χ1n) is 5.93. The molecule has 0 aromatic heterocycles. The van der Waals surface area contributed by atoms with Crippen molar-refractivity contribution in [1.29, 1.82) is 0 Å². The molecule has 82 valence electrons. The highest BCUT2D eigenvalue weighted by Gasteiger charge is 2.50. The Morgan fingerprint density at radius 2 is 1.86 bits per heavy atom. The van der Waals surface area contributed by atoms with Crippen LogP contribution >= 0.6 is 0 Å². The van der Waals surface area contributed by atoms with Crippen LogP contribution in [0.2, 0.25) is 0 Å². The van der Waals surface area contributed by atoms with Crippen molar-refractivity contribution in [3.05, 3.63) is 0 Å². The Bertz CT molecular complexity index is 189. The molecule has 0 aromatic carbocycles. The second-order valence-electron chi connectivity index (χ2n) is 5.05. The second kappa shape index (κ2) is 4.19. The fraction of sp³-hybridized carbons (Fsp3) is 1.00. The first-order chi connectivity index (χ1) is 6.83. The van der Waals surface area contributed by atoms with Gasteiger partial charge in [0, 0.05) is 20.3 Å². The molecule has 2 rings (SSSR count). The van der Waals surface area contributed by atoms with Crippen LogP contribution in [0.5, 0.6) is 0 Å². The minimum Gasteiger partial charge on any atom is -0.396 e. The van der Waals surface area contributed by atoms with Gasteiger partial charge in [0.15, 0.2) is 0 Å². The molecule has 0 unspecified atom stereocenters. The zero-order valence-electron chi connectivity index (χ0n) is 9.17. The average Bonchev–Trinajstić information content (AvgIpc) is 2.77. The van der Waals surface area contributed by atoms with Gasteiger partial charge in [0.1, 0.15) is 0 Å². The highest BCUT2D eigenvalue weighted by Crippen LogP contribution is 2.57. The maximum atomic E-state index is 9.44. The zero-order valence-corrected chi connectivity index (χ0v) is 9.17. The van der Waals surface area contributed by atoms with E-state index in [2.05, 4.69) is 0 Å². The van der Waals surface area contributed by atoms with Crippen LogP contribution in [0.25, 0.3) is 0 Å². The quantitative estimate of drug-likeness (QED) is 0.753. The van der Waals surface area contributed by atoms with Gasteiger partial charge in [-0.3, -0.25) is 0 Å². The summed E-state index contributed by atoms with van der Waals surface area (Å²) in [4.78, 5) is 0. The summed E-state index contributed by atoms with van der Waals surface area (Å²) in [5.74, 6) is 1.28. The van der Waals surface area contributed by atoms with Gasteiger partial charge in [-0.15, -0.1) is 0 Å². The highest BCUT2D eigenvalue weighted by molar-refractivity contribution is 4.99. The van der Waals surface area contributed by atoms with E-state index in [0.717, 1.165) is 6.61 Å². The lowest BCUT2D eigenvalue weighted by atomic mass is 9.70. The van der Waals surface area contributed by atoms with Gasteiger partial charge in [0.25, 0.3) is 0 Å². The van der Waals surface area contributed by atoms with Crippen molar-refractivity contribution in [2.45, 2.75) is 38.5 Å². The third-order valence-corrected chi connectivity index (χ3v) is 4.60. The Hall–Kier alpha value is -0.0800. The number of methoxy groups -OCH3 is 1. The van der Waals surface area contributed by atoms with E-state index in [1.165, 1.54) is 38.5 Å². The molecule has 2 nitrogen and oxygen atoms in total. The van der Waals surface area contributed by atoms with Crippen molar-refractivity contribution < 1.29 is 9.84 Å². The summed E-state index contributed by atoms with van der Waals surface area (Å²) >= 11 is 0. The molecule has 0 amide bonds.